The van der Waals surface area contributed by atoms with Gasteiger partial charge in [-0.2, -0.15) is 0 Å². The van der Waals surface area contributed by atoms with E-state index in [1.165, 1.54) is 6.92 Å². The molecule has 2 aliphatic heterocycles. The van der Waals surface area contributed by atoms with Gasteiger partial charge in [-0.15, -0.1) is 0 Å². The van der Waals surface area contributed by atoms with E-state index in [0.717, 1.165) is 23.8 Å². The van der Waals surface area contributed by atoms with E-state index >= 15 is 0 Å². The van der Waals surface area contributed by atoms with Crippen LogP contribution in [0.4, 0.5) is 13.2 Å². The normalized spacial score (nSPS) is 21.3. The molecule has 0 aliphatic carbocycles. The van der Waals surface area contributed by atoms with Gasteiger partial charge in [-0.3, -0.25) is 4.79 Å². The number of hydrogen-bond acceptors (Lipinski definition) is 5. The van der Waals surface area contributed by atoms with E-state index in [-0.39, 0.29) is 30.3 Å². The van der Waals surface area contributed by atoms with Crippen LogP contribution in [0, 0.1) is 23.5 Å². The average Bonchev–Trinajstić information content (AvgIpc) is 3.56. The fraction of sp³-hybridized carbons (Fsp3) is 0.467. The molecule has 2 fully saturated rings. The van der Waals surface area contributed by atoms with Crippen molar-refractivity contribution in [2.24, 2.45) is 11.8 Å². The van der Waals surface area contributed by atoms with Crippen LogP contribution in [0.1, 0.15) is 37.2 Å². The number of benzene rings is 2. The smallest absolute Gasteiger partial charge is 0.251 e. The summed E-state index contributed by atoms with van der Waals surface area (Å²) in [7, 11) is 0. The van der Waals surface area contributed by atoms with Gasteiger partial charge in [-0.05, 0) is 49.4 Å². The molecule has 0 spiro atoms. The Balaban J connectivity index is 1.65. The maximum absolute atomic E-state index is 14.9. The quantitative estimate of drug-likeness (QED) is 0.415. The van der Waals surface area contributed by atoms with E-state index < -0.39 is 41.8 Å². The number of aliphatic hydroxyl groups excluding tert-OH is 1. The number of ether oxygens (including phenoxy) is 1. The minimum absolute atomic E-state index is 0.0102. The third kappa shape index (κ3) is 6.24. The Labute approximate surface area is 232 Å². The summed E-state index contributed by atoms with van der Waals surface area (Å²) in [4.78, 5) is 20.0. The zero-order valence-corrected chi connectivity index (χ0v) is 22.5. The largest absolute Gasteiger partial charge is 0.384 e. The van der Waals surface area contributed by atoms with Gasteiger partial charge in [0.15, 0.2) is 0 Å². The summed E-state index contributed by atoms with van der Waals surface area (Å²) in [5.41, 5.74) is 1.20. The minimum Gasteiger partial charge on any atom is -0.384 e. The van der Waals surface area contributed by atoms with Gasteiger partial charge in [-0.1, -0.05) is 30.3 Å². The summed E-state index contributed by atoms with van der Waals surface area (Å²) >= 11 is 0. The number of alkyl halides is 1. The van der Waals surface area contributed by atoms with Gasteiger partial charge in [0.2, 0.25) is 0 Å². The second-order valence-corrected chi connectivity index (χ2v) is 10.7. The number of halogens is 3. The van der Waals surface area contributed by atoms with Crippen molar-refractivity contribution in [2.75, 3.05) is 32.8 Å². The van der Waals surface area contributed by atoms with Crippen molar-refractivity contribution in [3.8, 4) is 11.3 Å². The molecule has 0 unspecified atom stereocenters. The number of amides is 1. The van der Waals surface area contributed by atoms with Crippen LogP contribution in [0.5, 0.6) is 0 Å². The molecule has 7 nitrogen and oxygen atoms in total. The Morgan fingerprint density at radius 1 is 1.18 bits per heavy atom. The van der Waals surface area contributed by atoms with E-state index in [1.807, 2.05) is 34.9 Å². The molecule has 3 aromatic rings. The number of aromatic nitrogens is 2. The van der Waals surface area contributed by atoms with Crippen LogP contribution in [0.2, 0.25) is 0 Å². The first-order chi connectivity index (χ1) is 19.3. The maximum Gasteiger partial charge on any atom is 0.251 e. The lowest BCUT2D eigenvalue weighted by Gasteiger charge is -2.40. The molecular weight excluding hydrogens is 521 g/mol. The Bertz CT molecular complexity index is 1300. The fourth-order valence-electron chi connectivity index (χ4n) is 5.75. The van der Waals surface area contributed by atoms with Crippen molar-refractivity contribution in [3.63, 3.8) is 0 Å². The first-order valence-electron chi connectivity index (χ1n) is 13.8. The van der Waals surface area contributed by atoms with Crippen molar-refractivity contribution >= 4 is 5.91 Å². The molecule has 40 heavy (non-hydrogen) atoms. The van der Waals surface area contributed by atoms with Crippen molar-refractivity contribution in [1.82, 2.24) is 19.8 Å². The molecular formula is C30H35F3N4O3. The lowest BCUT2D eigenvalue weighted by molar-refractivity contribution is -0.145. The summed E-state index contributed by atoms with van der Waals surface area (Å²) in [6, 6.07) is 12.2. The Morgan fingerprint density at radius 3 is 2.60 bits per heavy atom. The van der Waals surface area contributed by atoms with Crippen LogP contribution in [-0.4, -0.2) is 70.6 Å². The van der Waals surface area contributed by atoms with Crippen LogP contribution in [0.25, 0.3) is 11.3 Å². The zero-order valence-electron chi connectivity index (χ0n) is 22.5. The summed E-state index contributed by atoms with van der Waals surface area (Å²) in [6.07, 6.45) is 0.469. The summed E-state index contributed by atoms with van der Waals surface area (Å²) in [5, 5.41) is 13.5. The Kier molecular flexibility index (Phi) is 8.87. The predicted molar refractivity (Wildman–Crippen MR) is 144 cm³/mol. The van der Waals surface area contributed by atoms with E-state index in [4.69, 9.17) is 9.72 Å². The number of nitrogens with one attached hydrogen (secondary N) is 1. The molecule has 214 valence electrons. The van der Waals surface area contributed by atoms with Gasteiger partial charge in [0.05, 0.1) is 11.7 Å². The van der Waals surface area contributed by atoms with Crippen molar-refractivity contribution in [3.05, 3.63) is 77.8 Å². The molecule has 3 heterocycles. The highest BCUT2D eigenvalue weighted by atomic mass is 19.1. The van der Waals surface area contributed by atoms with Crippen LogP contribution in [-0.2, 0) is 16.1 Å². The highest BCUT2D eigenvalue weighted by molar-refractivity contribution is 5.80. The second kappa shape index (κ2) is 12.5. The van der Waals surface area contributed by atoms with Gasteiger partial charge >= 0.3 is 0 Å². The first-order valence-corrected chi connectivity index (χ1v) is 13.8. The van der Waals surface area contributed by atoms with Gasteiger partial charge < -0.3 is 24.6 Å². The minimum atomic E-state index is -1.31. The number of nitrogens with zero attached hydrogens (tertiary/aromatic N) is 3. The molecule has 0 radical (unpaired) electrons. The summed E-state index contributed by atoms with van der Waals surface area (Å²) in [6.45, 7) is 3.44. The molecule has 10 heteroatoms. The van der Waals surface area contributed by atoms with E-state index in [0.29, 0.717) is 45.0 Å². The van der Waals surface area contributed by atoms with E-state index in [2.05, 4.69) is 5.32 Å². The fourth-order valence-corrected chi connectivity index (χ4v) is 5.75. The lowest BCUT2D eigenvalue weighted by atomic mass is 9.88. The van der Waals surface area contributed by atoms with Crippen molar-refractivity contribution in [2.45, 2.75) is 44.6 Å². The molecule has 0 bridgehead atoms. The second-order valence-electron chi connectivity index (χ2n) is 10.7. The molecule has 1 aromatic heterocycles. The number of carbonyl (C=O) groups excluding carboxylic acids is 1. The third-order valence-corrected chi connectivity index (χ3v) is 7.85. The average molecular weight is 557 g/mol. The monoisotopic (exact) mass is 556 g/mol. The molecule has 2 aromatic carbocycles. The van der Waals surface area contributed by atoms with Crippen LogP contribution < -0.4 is 5.32 Å². The maximum atomic E-state index is 14.9. The highest BCUT2D eigenvalue weighted by Gasteiger charge is 2.41. The van der Waals surface area contributed by atoms with E-state index in [1.54, 1.807) is 11.1 Å². The Hall–Kier alpha value is -3.21. The number of hydrogen-bond donors (Lipinski definition) is 2. The number of rotatable bonds is 9. The van der Waals surface area contributed by atoms with Crippen molar-refractivity contribution < 1.29 is 27.8 Å². The molecule has 1 amide bonds. The molecule has 4 atom stereocenters. The van der Waals surface area contributed by atoms with Crippen LogP contribution >= 0.6 is 0 Å². The molecule has 5 rings (SSSR count). The standard InChI is InChI=1S/C30H35F3N4O3/c1-19(38)30(39)37(17-22-14-34-15-26(22)33)28(21-9-11-40-12-10-21)29-35-27(24-13-23(31)7-8-25(24)32)18-36(29)16-20-5-3-2-4-6-20/h2-8,13,18-19,21-22,26,28,34,38H,9-12,14-17H2,1H3/t19-,22-,26-,28+/m0/s1. The molecule has 2 aliphatic rings. The zero-order chi connectivity index (χ0) is 28.2. The van der Waals surface area contributed by atoms with Crippen molar-refractivity contribution in [1.29, 1.82) is 0 Å². The van der Waals surface area contributed by atoms with Gasteiger partial charge in [0, 0.05) is 57.1 Å². The SMILES string of the molecule is C[C@H](O)C(=O)N(C[C@@H]1CNC[C@@H]1F)[C@@H](c1nc(-c2cc(F)ccc2F)cn1Cc1ccccc1)C1CCOCC1. The lowest BCUT2D eigenvalue weighted by Crippen LogP contribution is -2.48. The summed E-state index contributed by atoms with van der Waals surface area (Å²) < 4.78 is 51.4. The molecule has 2 saturated heterocycles. The first kappa shape index (κ1) is 28.3. The number of carbonyl (C=O) groups is 1. The topological polar surface area (TPSA) is 79.6 Å². The molecule has 2 N–H and O–H groups in total. The van der Waals surface area contributed by atoms with Gasteiger partial charge in [0.25, 0.3) is 5.91 Å². The highest BCUT2D eigenvalue weighted by Crippen LogP contribution is 2.38. The summed E-state index contributed by atoms with van der Waals surface area (Å²) in [5.74, 6) is -1.82. The van der Waals surface area contributed by atoms with Gasteiger partial charge in [-0.25, -0.2) is 18.2 Å². The third-order valence-electron chi connectivity index (χ3n) is 7.85. The van der Waals surface area contributed by atoms with Crippen LogP contribution in [0.3, 0.4) is 0 Å². The number of imidazole rings is 1. The Morgan fingerprint density at radius 2 is 1.93 bits per heavy atom. The van der Waals surface area contributed by atoms with Crippen LogP contribution in [0.15, 0.2) is 54.7 Å². The van der Waals surface area contributed by atoms with Gasteiger partial charge in [0.1, 0.15) is 29.7 Å². The number of aliphatic hydroxyl groups is 1. The molecule has 0 saturated carbocycles. The van der Waals surface area contributed by atoms with E-state index in [9.17, 15) is 23.1 Å². The predicted octanol–water partition coefficient (Wildman–Crippen LogP) is 4.11.